The lowest BCUT2D eigenvalue weighted by atomic mass is 9.43. The van der Waals surface area contributed by atoms with Gasteiger partial charge in [0.05, 0.1) is 17.7 Å². The smallest absolute Gasteiger partial charge is 0.405 e. The number of nitrogens with two attached hydrogens (primary N) is 3. The van der Waals surface area contributed by atoms with Crippen LogP contribution in [-0.4, -0.2) is 49.8 Å². The number of carbonyl (C=O) groups excluding carboxylic acids is 1. The van der Waals surface area contributed by atoms with Gasteiger partial charge in [-0.25, -0.2) is 0 Å². The minimum Gasteiger partial charge on any atom is -0.405 e. The van der Waals surface area contributed by atoms with Crippen molar-refractivity contribution in [3.8, 4) is 0 Å². The molecular formula is C25H41BClN5O3. The molecule has 3 saturated carbocycles. The maximum absolute atomic E-state index is 12.7. The van der Waals surface area contributed by atoms with Crippen LogP contribution in [0.25, 0.3) is 0 Å². The predicted molar refractivity (Wildman–Crippen MR) is 142 cm³/mol. The average Bonchev–Trinajstić information content (AvgIpc) is 3.16. The van der Waals surface area contributed by atoms with E-state index in [1.54, 1.807) is 0 Å². The van der Waals surface area contributed by atoms with Gasteiger partial charge >= 0.3 is 7.12 Å². The molecule has 194 valence electrons. The van der Waals surface area contributed by atoms with Crippen LogP contribution in [0.15, 0.2) is 35.3 Å². The molecule has 35 heavy (non-hydrogen) atoms. The Kier molecular flexibility index (Phi) is 8.79. The fourth-order valence-corrected chi connectivity index (χ4v) is 6.30. The van der Waals surface area contributed by atoms with E-state index in [4.69, 9.17) is 26.5 Å². The van der Waals surface area contributed by atoms with Crippen LogP contribution in [0.5, 0.6) is 0 Å². The third kappa shape index (κ3) is 5.79. The Morgan fingerprint density at radius 3 is 2.60 bits per heavy atom. The van der Waals surface area contributed by atoms with Crippen molar-refractivity contribution in [2.75, 3.05) is 13.1 Å². The van der Waals surface area contributed by atoms with Crippen LogP contribution in [0.2, 0.25) is 5.82 Å². The molecule has 3 aliphatic carbocycles. The van der Waals surface area contributed by atoms with Crippen molar-refractivity contribution >= 4 is 31.4 Å². The van der Waals surface area contributed by atoms with Gasteiger partial charge in [0.1, 0.15) is 0 Å². The number of halogens is 1. The number of guanidine groups is 1. The molecule has 6 atom stereocenters. The summed E-state index contributed by atoms with van der Waals surface area (Å²) in [6.07, 6.45) is 4.28. The lowest BCUT2D eigenvalue weighted by Gasteiger charge is -2.64. The quantitative estimate of drug-likeness (QED) is 0.166. The summed E-state index contributed by atoms with van der Waals surface area (Å²) in [5.74, 6) is 1.06. The molecule has 5 rings (SSSR count). The monoisotopic (exact) mass is 505 g/mol. The van der Waals surface area contributed by atoms with Crippen LogP contribution in [0.3, 0.4) is 0 Å². The number of hydrogen-bond acceptors (Lipinski definition) is 5. The van der Waals surface area contributed by atoms with E-state index in [9.17, 15) is 4.79 Å². The Morgan fingerprint density at radius 2 is 1.94 bits per heavy atom. The number of aliphatic imine (C=N–C) groups is 1. The van der Waals surface area contributed by atoms with Gasteiger partial charge in [0.15, 0.2) is 5.96 Å². The zero-order chi connectivity index (χ0) is 24.5. The number of rotatable bonds is 10. The van der Waals surface area contributed by atoms with E-state index >= 15 is 0 Å². The van der Waals surface area contributed by atoms with Gasteiger partial charge in [-0.15, -0.1) is 12.4 Å². The molecule has 0 aromatic heterocycles. The molecule has 2 bridgehead atoms. The lowest BCUT2D eigenvalue weighted by molar-refractivity contribution is -0.199. The van der Waals surface area contributed by atoms with E-state index < -0.39 is 6.04 Å². The van der Waals surface area contributed by atoms with E-state index in [0.29, 0.717) is 37.8 Å². The number of nitrogens with zero attached hydrogens (tertiary/aromatic N) is 1. The maximum atomic E-state index is 12.7. The van der Waals surface area contributed by atoms with Gasteiger partial charge in [0.2, 0.25) is 5.91 Å². The molecule has 1 saturated heterocycles. The first-order chi connectivity index (χ1) is 16.1. The second kappa shape index (κ2) is 11.1. The average molecular weight is 506 g/mol. The van der Waals surface area contributed by atoms with Crippen molar-refractivity contribution in [3.63, 3.8) is 0 Å². The summed E-state index contributed by atoms with van der Waals surface area (Å²) >= 11 is 0. The van der Waals surface area contributed by atoms with Gasteiger partial charge in [-0.2, -0.15) is 0 Å². The Hall–Kier alpha value is -1.81. The molecule has 7 N–H and O–H groups in total. The second-order valence-electron chi connectivity index (χ2n) is 11.1. The van der Waals surface area contributed by atoms with Crippen molar-refractivity contribution < 1.29 is 14.1 Å². The highest BCUT2D eigenvalue weighted by molar-refractivity contribution is 6.47. The zero-order valence-electron chi connectivity index (χ0n) is 21.1. The Bertz CT molecular complexity index is 900. The molecule has 1 aromatic carbocycles. The van der Waals surface area contributed by atoms with Crippen molar-refractivity contribution in [2.24, 2.45) is 39.4 Å². The van der Waals surface area contributed by atoms with Crippen LogP contribution in [0.1, 0.15) is 52.0 Å². The molecule has 0 spiro atoms. The summed E-state index contributed by atoms with van der Waals surface area (Å²) in [5.41, 5.74) is 18.0. The third-order valence-electron chi connectivity index (χ3n) is 8.54. The highest BCUT2D eigenvalue weighted by Gasteiger charge is 2.68. The van der Waals surface area contributed by atoms with Crippen molar-refractivity contribution in [1.82, 2.24) is 5.32 Å². The zero-order valence-corrected chi connectivity index (χ0v) is 21.9. The summed E-state index contributed by atoms with van der Waals surface area (Å²) in [4.78, 5) is 16.6. The molecule has 4 aliphatic rings. The van der Waals surface area contributed by atoms with Crippen LogP contribution in [0.4, 0.5) is 0 Å². The molecule has 1 amide bonds. The normalized spacial score (nSPS) is 29.7. The molecule has 8 nitrogen and oxygen atoms in total. The maximum Gasteiger partial charge on any atom is 0.463 e. The standard InChI is InChI=1S/C25H40BN5O3.ClH/c1-24(2)17-13-20(24)25(3)21(14-17)33-26(34-25)18(12-16-8-5-4-6-9-16)15-31-22(32)19(27)10-7-11-30-23(28)29;/h4-6,8-9,17-21H,7,10-15,27H2,1-3H3,(H,31,32)(H4,28,29,30);1H/t17-,18-,19+,20-,21+,25-;/m1./s1. The fourth-order valence-electron chi connectivity index (χ4n) is 6.30. The van der Waals surface area contributed by atoms with Crippen molar-refractivity contribution in [2.45, 2.75) is 76.4 Å². The first-order valence-electron chi connectivity index (χ1n) is 12.6. The molecule has 4 fully saturated rings. The number of hydrogen-bond donors (Lipinski definition) is 4. The summed E-state index contributed by atoms with van der Waals surface area (Å²) in [6, 6.07) is 9.68. The van der Waals surface area contributed by atoms with E-state index in [-0.39, 0.29) is 54.3 Å². The van der Waals surface area contributed by atoms with Gasteiger partial charge in [-0.05, 0) is 61.8 Å². The topological polar surface area (TPSA) is 138 Å². The summed E-state index contributed by atoms with van der Waals surface area (Å²) in [7, 11) is -0.358. The SMILES string of the molecule is CC1(C)[C@H]2C[C@@H]3OB([C@@H](CNC(=O)[C@@H](N)CCCN=C(N)N)Cc4ccccc4)O[C@]3(C)[C@@H]1C2.Cl. The first-order valence-corrected chi connectivity index (χ1v) is 12.6. The van der Waals surface area contributed by atoms with E-state index in [0.717, 1.165) is 12.8 Å². The lowest BCUT2D eigenvalue weighted by Crippen LogP contribution is -2.65. The molecule has 0 radical (unpaired) electrons. The number of amides is 1. The van der Waals surface area contributed by atoms with Gasteiger partial charge in [0, 0.05) is 18.9 Å². The third-order valence-corrected chi connectivity index (χ3v) is 8.54. The summed E-state index contributed by atoms with van der Waals surface area (Å²) in [5, 5.41) is 3.05. The van der Waals surface area contributed by atoms with Gasteiger partial charge in [-0.3, -0.25) is 9.79 Å². The predicted octanol–water partition coefficient (Wildman–Crippen LogP) is 2.25. The van der Waals surface area contributed by atoms with Crippen LogP contribution >= 0.6 is 12.4 Å². The van der Waals surface area contributed by atoms with E-state index in [1.807, 2.05) is 18.2 Å². The summed E-state index contributed by atoms with van der Waals surface area (Å²) < 4.78 is 13.3. The van der Waals surface area contributed by atoms with Crippen LogP contribution < -0.4 is 22.5 Å². The van der Waals surface area contributed by atoms with Crippen molar-refractivity contribution in [1.29, 1.82) is 0 Å². The second-order valence-corrected chi connectivity index (χ2v) is 11.1. The Balaban J connectivity index is 0.00000342. The van der Waals surface area contributed by atoms with Crippen LogP contribution in [-0.2, 0) is 20.5 Å². The highest BCUT2D eigenvalue weighted by atomic mass is 35.5. The molecule has 10 heteroatoms. The Labute approximate surface area is 215 Å². The molecule has 1 heterocycles. The van der Waals surface area contributed by atoms with Gasteiger partial charge < -0.3 is 31.8 Å². The largest absolute Gasteiger partial charge is 0.463 e. The first kappa shape index (κ1) is 27.8. The molecule has 1 aromatic rings. The van der Waals surface area contributed by atoms with E-state index in [2.05, 4.69) is 43.2 Å². The van der Waals surface area contributed by atoms with Gasteiger partial charge in [-0.1, -0.05) is 44.2 Å². The number of carbonyl (C=O) groups is 1. The molecule has 0 unspecified atom stereocenters. The van der Waals surface area contributed by atoms with Gasteiger partial charge in [0.25, 0.3) is 0 Å². The Morgan fingerprint density at radius 1 is 1.23 bits per heavy atom. The highest BCUT2D eigenvalue weighted by Crippen LogP contribution is 2.66. The number of benzene rings is 1. The number of nitrogens with one attached hydrogen (secondary N) is 1. The summed E-state index contributed by atoms with van der Waals surface area (Å²) in [6.45, 7) is 7.85. The minimum absolute atomic E-state index is 0. The van der Waals surface area contributed by atoms with Crippen LogP contribution in [0, 0.1) is 17.3 Å². The minimum atomic E-state index is -0.606. The fraction of sp³-hybridized carbons (Fsp3) is 0.680. The molecular weight excluding hydrogens is 465 g/mol. The van der Waals surface area contributed by atoms with E-state index in [1.165, 1.54) is 12.0 Å². The van der Waals surface area contributed by atoms with Crippen molar-refractivity contribution in [3.05, 3.63) is 35.9 Å². The molecule has 1 aliphatic heterocycles.